The summed E-state index contributed by atoms with van der Waals surface area (Å²) in [5.41, 5.74) is 8.77. The Morgan fingerprint density at radius 1 is 0.640 bits per heavy atom. The van der Waals surface area contributed by atoms with E-state index in [4.69, 9.17) is 50.1 Å². The van der Waals surface area contributed by atoms with E-state index in [1.165, 1.54) is 91.9 Å². The molecule has 0 aromatic heterocycles. The van der Waals surface area contributed by atoms with Crippen molar-refractivity contribution >= 4 is 46.7 Å². The van der Waals surface area contributed by atoms with Gasteiger partial charge < -0.3 is 53.6 Å². The predicted molar refractivity (Wildman–Crippen MR) is 190 cm³/mol. The molecule has 3 aromatic carbocycles. The first kappa shape index (κ1) is 43.7. The number of carbonyl (C=O) groups is 2. The van der Waals surface area contributed by atoms with Gasteiger partial charge in [0.05, 0.1) is 45.2 Å². The van der Waals surface area contributed by atoms with Crippen LogP contribution in [0.25, 0.3) is 0 Å². The molecule has 3 heterocycles. The molecule has 3 aliphatic heterocycles. The molecule has 50 heavy (non-hydrogen) atoms. The molecule has 0 radical (unpaired) electrons. The molecule has 276 valence electrons. The molecule has 0 spiro atoms. The maximum atomic E-state index is 9.74. The van der Waals surface area contributed by atoms with Crippen LogP contribution in [0.5, 0.6) is 0 Å². The van der Waals surface area contributed by atoms with Crippen LogP contribution in [0.4, 0.5) is 0 Å². The molecule has 0 saturated carbocycles. The summed E-state index contributed by atoms with van der Waals surface area (Å²) in [6, 6.07) is 18.9. The van der Waals surface area contributed by atoms with E-state index in [9.17, 15) is 14.7 Å². The highest BCUT2D eigenvalue weighted by Gasteiger charge is 2.24. The molecule has 3 aliphatic rings. The fraction of sp³-hybridized carbons (Fsp3) is 0.459. The van der Waals surface area contributed by atoms with E-state index in [-0.39, 0.29) is 12.4 Å². The number of rotatable bonds is 3. The lowest BCUT2D eigenvalue weighted by atomic mass is 9.96. The molecule has 0 unspecified atom stereocenters. The summed E-state index contributed by atoms with van der Waals surface area (Å²) in [6.07, 6.45) is -1.17. The number of hydrogen-bond donors (Lipinski definition) is 6. The average Bonchev–Trinajstić information content (AvgIpc) is 3.46. The third-order valence-electron chi connectivity index (χ3n) is 9.12. The van der Waals surface area contributed by atoms with Crippen LogP contribution in [0, 0.1) is 0 Å². The topological polar surface area (TPSA) is 168 Å². The normalized spacial score (nSPS) is 20.4. The van der Waals surface area contributed by atoms with Crippen molar-refractivity contribution in [3.8, 4) is 0 Å². The molecule has 5 atom stereocenters. The molecule has 3 aromatic rings. The number of aliphatic hydroxyl groups is 2. The number of aliphatic carboxylic acids is 2. The molecular formula is C37H50Cl4N3O6+. The summed E-state index contributed by atoms with van der Waals surface area (Å²) in [5.74, 6) is -1.92. The third-order valence-corrected chi connectivity index (χ3v) is 9.83. The summed E-state index contributed by atoms with van der Waals surface area (Å²) >= 11 is 18.0. The van der Waals surface area contributed by atoms with Crippen LogP contribution in [0.1, 0.15) is 71.9 Å². The van der Waals surface area contributed by atoms with Crippen LogP contribution in [0.15, 0.2) is 54.6 Å². The third kappa shape index (κ3) is 13.6. The van der Waals surface area contributed by atoms with E-state index in [1.54, 1.807) is 0 Å². The number of hydrogen-bond acceptors (Lipinski definition) is 5. The van der Waals surface area contributed by atoms with Crippen molar-refractivity contribution in [1.29, 1.82) is 0 Å². The van der Waals surface area contributed by atoms with Crippen LogP contribution in [-0.4, -0.2) is 78.7 Å². The van der Waals surface area contributed by atoms with Crippen molar-refractivity contribution in [2.24, 2.45) is 0 Å². The summed E-state index contributed by atoms with van der Waals surface area (Å²) in [5, 5.41) is 43.9. The van der Waals surface area contributed by atoms with E-state index in [0.717, 1.165) is 15.1 Å². The van der Waals surface area contributed by atoms with Gasteiger partial charge in [0.15, 0.2) is 6.10 Å². The quantitative estimate of drug-likeness (QED) is 0.185. The summed E-state index contributed by atoms with van der Waals surface area (Å²) in [7, 11) is 0. The Morgan fingerprint density at radius 3 is 1.18 bits per heavy atom. The Kier molecular flexibility index (Phi) is 19.1. The van der Waals surface area contributed by atoms with E-state index in [0.29, 0.717) is 17.8 Å². The molecule has 0 aliphatic carbocycles. The average molecular weight is 775 g/mol. The van der Waals surface area contributed by atoms with Gasteiger partial charge in [-0.2, -0.15) is 0 Å². The fourth-order valence-corrected chi connectivity index (χ4v) is 6.82. The van der Waals surface area contributed by atoms with E-state index >= 15 is 0 Å². The molecule has 13 heteroatoms. The van der Waals surface area contributed by atoms with Crippen LogP contribution in [0.3, 0.4) is 0 Å². The number of benzene rings is 3. The van der Waals surface area contributed by atoms with Crippen LogP contribution >= 0.6 is 34.8 Å². The fourth-order valence-electron chi connectivity index (χ4n) is 6.28. The SMILES string of the molecule is C[C@H]1C[NH2+]CCc2ccc(Cl)cc21.C[C@H]1C[NH2+]CCc2ccc(Cl)cc21.C[C@H]1C[NH2+]CCc2ccc(Cl)cc21.O=C([O-])[C@H](O)[C@@H](O)C(=O)O.[Cl-]. The van der Waals surface area contributed by atoms with Crippen molar-refractivity contribution in [3.63, 3.8) is 0 Å². The smallest absolute Gasteiger partial charge is 0.335 e. The zero-order chi connectivity index (χ0) is 36.1. The van der Waals surface area contributed by atoms with Crippen LogP contribution < -0.4 is 33.5 Å². The first-order valence-electron chi connectivity index (χ1n) is 16.9. The second-order valence-corrected chi connectivity index (χ2v) is 14.3. The lowest BCUT2D eigenvalue weighted by Gasteiger charge is -2.13. The van der Waals surface area contributed by atoms with Crippen molar-refractivity contribution in [1.82, 2.24) is 0 Å². The van der Waals surface area contributed by atoms with E-state index < -0.39 is 24.1 Å². The number of carboxylic acids is 2. The predicted octanol–water partition coefficient (Wildman–Crippen LogP) is -1.76. The Morgan fingerprint density at radius 2 is 0.940 bits per heavy atom. The van der Waals surface area contributed by atoms with Crippen molar-refractivity contribution in [2.75, 3.05) is 39.3 Å². The standard InChI is InChI=1S/3C11H14ClN.C4H6O6.ClH/c3*1-8-7-13-5-4-9-2-3-10(12)6-11(8)9;5-1(3(7)8)2(6)4(9)10;/h3*2-3,6,8,13H,4-5,7H2,1H3;1-2,5-6H,(H,7,8)(H,9,10);1H/p+1/t3*8-;1-,2-;/m0001./s1. The Labute approximate surface area is 316 Å². The van der Waals surface area contributed by atoms with Gasteiger partial charge in [0.25, 0.3) is 0 Å². The van der Waals surface area contributed by atoms with Gasteiger partial charge in [-0.3, -0.25) is 0 Å². The van der Waals surface area contributed by atoms with Crippen molar-refractivity contribution in [3.05, 3.63) is 103 Å². The molecule has 6 rings (SSSR count). The molecule has 0 bridgehead atoms. The highest BCUT2D eigenvalue weighted by molar-refractivity contribution is 6.31. The summed E-state index contributed by atoms with van der Waals surface area (Å²) in [6.45, 7) is 14.0. The van der Waals surface area contributed by atoms with Crippen LogP contribution in [-0.2, 0) is 28.9 Å². The number of carboxylic acid groups (broad SMARTS) is 2. The summed E-state index contributed by atoms with van der Waals surface area (Å²) < 4.78 is 0. The molecule has 9 N–H and O–H groups in total. The number of halogens is 4. The van der Waals surface area contributed by atoms with Gasteiger partial charge in [-0.15, -0.1) is 0 Å². The molecular weight excluding hydrogens is 724 g/mol. The molecule has 0 saturated heterocycles. The Hall–Kier alpha value is -2.44. The number of fused-ring (bicyclic) bond motifs is 3. The molecule has 9 nitrogen and oxygen atoms in total. The number of quaternary nitrogens is 3. The van der Waals surface area contributed by atoms with E-state index in [1.807, 2.05) is 18.2 Å². The number of carbonyl (C=O) groups excluding carboxylic acids is 1. The second-order valence-electron chi connectivity index (χ2n) is 13.0. The Bertz CT molecular complexity index is 1380. The van der Waals surface area contributed by atoms with Gasteiger partial charge in [-0.1, -0.05) is 73.8 Å². The lowest BCUT2D eigenvalue weighted by Crippen LogP contribution is -3.00. The van der Waals surface area contributed by atoms with E-state index in [2.05, 4.69) is 73.1 Å². The van der Waals surface area contributed by atoms with Crippen LogP contribution in [0.2, 0.25) is 15.1 Å². The highest BCUT2D eigenvalue weighted by atomic mass is 35.5. The molecule has 0 amide bonds. The zero-order valence-electron chi connectivity index (χ0n) is 28.8. The minimum Gasteiger partial charge on any atom is -1.00 e. The Balaban J connectivity index is 0.000000231. The first-order chi connectivity index (χ1) is 23.3. The second kappa shape index (κ2) is 21.8. The largest absolute Gasteiger partial charge is 1.00 e. The maximum Gasteiger partial charge on any atom is 0.335 e. The van der Waals surface area contributed by atoms with Crippen molar-refractivity contribution < 1.29 is 58.4 Å². The molecule has 0 fully saturated rings. The lowest BCUT2D eigenvalue weighted by molar-refractivity contribution is -0.655. The number of nitrogens with two attached hydrogens (primary N) is 3. The monoisotopic (exact) mass is 772 g/mol. The van der Waals surface area contributed by atoms with Gasteiger partial charge in [0.1, 0.15) is 6.10 Å². The van der Waals surface area contributed by atoms with Gasteiger partial charge in [0, 0.05) is 52.1 Å². The van der Waals surface area contributed by atoms with Gasteiger partial charge in [-0.05, 0) is 69.8 Å². The minimum atomic E-state index is -2.38. The van der Waals surface area contributed by atoms with Gasteiger partial charge in [-0.25, -0.2) is 4.79 Å². The van der Waals surface area contributed by atoms with Crippen molar-refractivity contribution in [2.45, 2.75) is 70.0 Å². The zero-order valence-corrected chi connectivity index (χ0v) is 31.8. The van der Waals surface area contributed by atoms with Gasteiger partial charge in [0.2, 0.25) is 0 Å². The number of aliphatic hydroxyl groups excluding tert-OH is 2. The highest BCUT2D eigenvalue weighted by Crippen LogP contribution is 2.26. The van der Waals surface area contributed by atoms with Gasteiger partial charge >= 0.3 is 5.97 Å². The maximum absolute atomic E-state index is 9.74. The minimum absolute atomic E-state index is 0. The first-order valence-corrected chi connectivity index (χ1v) is 18.0. The summed E-state index contributed by atoms with van der Waals surface area (Å²) in [4.78, 5) is 19.4.